The molecule has 0 spiro atoms. The van der Waals surface area contributed by atoms with Crippen molar-refractivity contribution in [3.05, 3.63) is 47.5 Å². The summed E-state index contributed by atoms with van der Waals surface area (Å²) < 4.78 is 4.64. The summed E-state index contributed by atoms with van der Waals surface area (Å²) in [5.74, 6) is -0.862. The minimum atomic E-state index is -0.383. The van der Waals surface area contributed by atoms with E-state index in [4.69, 9.17) is 11.1 Å². The molecule has 31 heavy (non-hydrogen) atoms. The molecule has 3 atom stereocenters. The fourth-order valence-corrected chi connectivity index (χ4v) is 3.86. The van der Waals surface area contributed by atoms with E-state index in [0.717, 1.165) is 10.8 Å². The number of rotatable bonds is 9. The fraction of sp³-hybridized carbons (Fsp3) is 0.391. The molecule has 1 heterocycles. The summed E-state index contributed by atoms with van der Waals surface area (Å²) in [6, 6.07) is 10.5. The maximum atomic E-state index is 12.8. The second-order valence-electron chi connectivity index (χ2n) is 7.94. The topological polar surface area (TPSA) is 134 Å². The van der Waals surface area contributed by atoms with E-state index in [9.17, 15) is 14.4 Å². The Balaban J connectivity index is 1.52. The van der Waals surface area contributed by atoms with E-state index in [0.29, 0.717) is 30.5 Å². The molecule has 2 aromatic carbocycles. The molecule has 5 N–H and O–H groups in total. The monoisotopic (exact) mass is 424 g/mol. The number of ether oxygens (including phenoxy) is 1. The van der Waals surface area contributed by atoms with Crippen LogP contribution in [0.15, 0.2) is 36.4 Å². The SMILES string of the molecule is COC(=O)C[C@@H]1C[C@@H](CCN[C@@H](C)C(=O)c2ccc3cc(C(=N)N)ccc3c2)NC1=O. The largest absolute Gasteiger partial charge is 0.469 e. The van der Waals surface area contributed by atoms with Gasteiger partial charge in [0.15, 0.2) is 5.78 Å². The molecule has 8 heteroatoms. The minimum absolute atomic E-state index is 0.00921. The first-order valence-electron chi connectivity index (χ1n) is 10.3. The van der Waals surface area contributed by atoms with Gasteiger partial charge in [-0.05, 0) is 49.2 Å². The highest BCUT2D eigenvalue weighted by atomic mass is 16.5. The number of esters is 1. The normalized spacial score (nSPS) is 19.1. The zero-order chi connectivity index (χ0) is 22.5. The lowest BCUT2D eigenvalue weighted by molar-refractivity contribution is -0.143. The van der Waals surface area contributed by atoms with Gasteiger partial charge in [-0.25, -0.2) is 0 Å². The first-order valence-corrected chi connectivity index (χ1v) is 10.3. The van der Waals surface area contributed by atoms with Gasteiger partial charge >= 0.3 is 5.97 Å². The molecular weight excluding hydrogens is 396 g/mol. The molecule has 0 aromatic heterocycles. The van der Waals surface area contributed by atoms with Gasteiger partial charge in [-0.15, -0.1) is 0 Å². The van der Waals surface area contributed by atoms with Crippen molar-refractivity contribution in [2.75, 3.05) is 13.7 Å². The summed E-state index contributed by atoms with van der Waals surface area (Å²) in [4.78, 5) is 36.2. The van der Waals surface area contributed by atoms with Crippen LogP contribution in [0.1, 0.15) is 42.1 Å². The van der Waals surface area contributed by atoms with Gasteiger partial charge in [-0.2, -0.15) is 0 Å². The van der Waals surface area contributed by atoms with Crippen molar-refractivity contribution in [3.63, 3.8) is 0 Å². The standard InChI is InChI=1S/C23H28N4O4/c1-13(26-8-7-19-11-18(23(30)27-19)12-20(28)31-2)21(29)16-5-3-15-10-17(22(24)25)6-4-14(15)9-16/h3-6,9-10,13,18-19,26H,7-8,11-12H2,1-2H3,(H3,24,25)(H,27,30)/t13-,18-,19+/m0/s1. The highest BCUT2D eigenvalue weighted by Gasteiger charge is 2.33. The second kappa shape index (κ2) is 9.70. The number of hydrogen-bond acceptors (Lipinski definition) is 6. The van der Waals surface area contributed by atoms with Gasteiger partial charge in [0, 0.05) is 17.2 Å². The number of fused-ring (bicyclic) bond motifs is 1. The van der Waals surface area contributed by atoms with Gasteiger partial charge in [0.2, 0.25) is 5.91 Å². The summed E-state index contributed by atoms with van der Waals surface area (Å²) in [5.41, 5.74) is 6.79. The number of Topliss-reactive ketones (excluding diaryl/α,β-unsaturated/α-hetero) is 1. The number of ketones is 1. The quantitative estimate of drug-likeness (QED) is 0.210. The van der Waals surface area contributed by atoms with Crippen LogP contribution < -0.4 is 16.4 Å². The number of hydrogen-bond donors (Lipinski definition) is 4. The molecular formula is C23H28N4O4. The number of carbonyl (C=O) groups excluding carboxylic acids is 3. The first kappa shape index (κ1) is 22.4. The third-order valence-electron chi connectivity index (χ3n) is 5.70. The molecule has 164 valence electrons. The Labute approximate surface area is 181 Å². The van der Waals surface area contributed by atoms with Crippen molar-refractivity contribution >= 4 is 34.3 Å². The lowest BCUT2D eigenvalue weighted by Crippen LogP contribution is -2.37. The van der Waals surface area contributed by atoms with E-state index >= 15 is 0 Å². The number of nitrogen functional groups attached to an aromatic ring is 1. The van der Waals surface area contributed by atoms with E-state index in [1.165, 1.54) is 7.11 Å². The third kappa shape index (κ3) is 5.46. The Kier molecular flexibility index (Phi) is 7.02. The van der Waals surface area contributed by atoms with Crippen LogP contribution in [-0.4, -0.2) is 49.2 Å². The van der Waals surface area contributed by atoms with Crippen LogP contribution in [0.5, 0.6) is 0 Å². The molecule has 1 fully saturated rings. The van der Waals surface area contributed by atoms with Crippen molar-refractivity contribution < 1.29 is 19.1 Å². The Morgan fingerprint density at radius 2 is 1.87 bits per heavy atom. The van der Waals surface area contributed by atoms with E-state index in [1.54, 1.807) is 12.1 Å². The van der Waals surface area contributed by atoms with Crippen molar-refractivity contribution in [3.8, 4) is 0 Å². The molecule has 0 radical (unpaired) electrons. The minimum Gasteiger partial charge on any atom is -0.469 e. The van der Waals surface area contributed by atoms with Crippen molar-refractivity contribution in [2.45, 2.75) is 38.3 Å². The summed E-state index contributed by atoms with van der Waals surface area (Å²) in [7, 11) is 1.31. The number of methoxy groups -OCH3 is 1. The number of benzene rings is 2. The molecule has 1 aliphatic heterocycles. The zero-order valence-corrected chi connectivity index (χ0v) is 17.7. The molecule has 1 amide bonds. The lowest BCUT2D eigenvalue weighted by Gasteiger charge is -2.16. The maximum Gasteiger partial charge on any atom is 0.306 e. The Morgan fingerprint density at radius 3 is 2.52 bits per heavy atom. The summed E-state index contributed by atoms with van der Waals surface area (Å²) in [6.07, 6.45) is 1.36. The van der Waals surface area contributed by atoms with Gasteiger partial charge in [-0.1, -0.05) is 24.3 Å². The van der Waals surface area contributed by atoms with E-state index in [2.05, 4.69) is 15.4 Å². The zero-order valence-electron chi connectivity index (χ0n) is 17.7. The highest BCUT2D eigenvalue weighted by Crippen LogP contribution is 2.22. The van der Waals surface area contributed by atoms with Crippen LogP contribution >= 0.6 is 0 Å². The van der Waals surface area contributed by atoms with Crippen molar-refractivity contribution in [1.29, 1.82) is 5.41 Å². The molecule has 3 rings (SSSR count). The van der Waals surface area contributed by atoms with Crippen LogP contribution in [0.2, 0.25) is 0 Å². The Morgan fingerprint density at radius 1 is 1.23 bits per heavy atom. The average molecular weight is 425 g/mol. The Hall–Kier alpha value is -3.26. The second-order valence-corrected chi connectivity index (χ2v) is 7.94. The average Bonchev–Trinajstić information content (AvgIpc) is 3.10. The number of nitrogens with one attached hydrogen (secondary N) is 3. The van der Waals surface area contributed by atoms with E-state index < -0.39 is 0 Å². The van der Waals surface area contributed by atoms with Crippen molar-refractivity contribution in [2.24, 2.45) is 11.7 Å². The number of amides is 1. The van der Waals surface area contributed by atoms with Gasteiger partial charge in [-0.3, -0.25) is 19.8 Å². The Bertz CT molecular complexity index is 1020. The number of carbonyl (C=O) groups is 3. The summed E-state index contributed by atoms with van der Waals surface area (Å²) in [5, 5.41) is 15.5. The molecule has 1 saturated heterocycles. The predicted molar refractivity (Wildman–Crippen MR) is 118 cm³/mol. The molecule has 8 nitrogen and oxygen atoms in total. The van der Waals surface area contributed by atoms with Gasteiger partial charge in [0.25, 0.3) is 0 Å². The maximum absolute atomic E-state index is 12.8. The van der Waals surface area contributed by atoms with E-state index in [1.807, 2.05) is 31.2 Å². The first-order chi connectivity index (χ1) is 14.8. The van der Waals surface area contributed by atoms with Gasteiger partial charge < -0.3 is 21.1 Å². The molecule has 1 aliphatic rings. The third-order valence-corrected chi connectivity index (χ3v) is 5.70. The van der Waals surface area contributed by atoms with Crippen LogP contribution in [-0.2, 0) is 14.3 Å². The number of amidine groups is 1. The van der Waals surface area contributed by atoms with Crippen LogP contribution in [0, 0.1) is 11.3 Å². The highest BCUT2D eigenvalue weighted by molar-refractivity contribution is 6.04. The molecule has 0 unspecified atom stereocenters. The molecule has 0 saturated carbocycles. The molecule has 0 aliphatic carbocycles. The summed E-state index contributed by atoms with van der Waals surface area (Å²) >= 11 is 0. The van der Waals surface area contributed by atoms with Crippen LogP contribution in [0.3, 0.4) is 0 Å². The molecule has 2 aromatic rings. The predicted octanol–water partition coefficient (Wildman–Crippen LogP) is 1.74. The van der Waals surface area contributed by atoms with E-state index in [-0.39, 0.29) is 47.9 Å². The van der Waals surface area contributed by atoms with Gasteiger partial charge in [0.1, 0.15) is 5.84 Å². The van der Waals surface area contributed by atoms with Crippen LogP contribution in [0.4, 0.5) is 0 Å². The van der Waals surface area contributed by atoms with Crippen LogP contribution in [0.25, 0.3) is 10.8 Å². The molecule has 0 bridgehead atoms. The smallest absolute Gasteiger partial charge is 0.306 e. The van der Waals surface area contributed by atoms with Gasteiger partial charge in [0.05, 0.1) is 25.5 Å². The summed E-state index contributed by atoms with van der Waals surface area (Å²) in [6.45, 7) is 2.39. The number of nitrogens with two attached hydrogens (primary N) is 1. The van der Waals surface area contributed by atoms with Crippen molar-refractivity contribution in [1.82, 2.24) is 10.6 Å². The fourth-order valence-electron chi connectivity index (χ4n) is 3.86. The lowest BCUT2D eigenvalue weighted by atomic mass is 9.99.